The van der Waals surface area contributed by atoms with Crippen molar-refractivity contribution in [3.63, 3.8) is 0 Å². The summed E-state index contributed by atoms with van der Waals surface area (Å²) in [6.07, 6.45) is -3.85. The van der Waals surface area contributed by atoms with E-state index in [1.54, 1.807) is 18.2 Å². The maximum absolute atomic E-state index is 12.6. The Kier molecular flexibility index (Phi) is 6.21. The fourth-order valence-electron chi connectivity index (χ4n) is 1.78. The van der Waals surface area contributed by atoms with E-state index in [0.717, 1.165) is 6.07 Å². The number of amides is 1. The summed E-state index contributed by atoms with van der Waals surface area (Å²) in [5.74, 6) is -0.519. The molecule has 1 aromatic carbocycles. The molecule has 0 spiro atoms. The number of benzene rings is 1. The molecule has 2 rings (SSSR count). The molecule has 1 amide bonds. The lowest BCUT2D eigenvalue weighted by Gasteiger charge is -2.12. The summed E-state index contributed by atoms with van der Waals surface area (Å²) in [6.45, 7) is -0.0569. The van der Waals surface area contributed by atoms with Gasteiger partial charge >= 0.3 is 6.18 Å². The van der Waals surface area contributed by atoms with E-state index in [9.17, 15) is 18.0 Å². The van der Waals surface area contributed by atoms with E-state index in [0.29, 0.717) is 6.20 Å². The van der Waals surface area contributed by atoms with Crippen LogP contribution in [-0.2, 0) is 12.7 Å². The molecule has 0 radical (unpaired) electrons. The number of hydrogen-bond acceptors (Lipinski definition) is 3. The highest BCUT2D eigenvalue weighted by Gasteiger charge is 2.31. The third-order valence-corrected chi connectivity index (χ3v) is 3.91. The van der Waals surface area contributed by atoms with Crippen LogP contribution in [0.2, 0.25) is 10.0 Å². The summed E-state index contributed by atoms with van der Waals surface area (Å²) in [7, 11) is 0. The monoisotopic (exact) mass is 407 g/mol. The Morgan fingerprint density at radius 1 is 1.20 bits per heavy atom. The second-order valence-corrected chi connectivity index (χ2v) is 5.99. The third kappa shape index (κ3) is 5.29. The summed E-state index contributed by atoms with van der Waals surface area (Å²) >= 11 is 16.7. The number of pyridine rings is 1. The van der Waals surface area contributed by atoms with Crippen LogP contribution in [0.4, 0.5) is 13.2 Å². The number of hydrogen-bond donors (Lipinski definition) is 2. The number of halogens is 5. The maximum atomic E-state index is 12.6. The van der Waals surface area contributed by atoms with Crippen LogP contribution < -0.4 is 10.6 Å². The molecule has 4 nitrogen and oxygen atoms in total. The van der Waals surface area contributed by atoms with Crippen molar-refractivity contribution >= 4 is 46.4 Å². The minimum atomic E-state index is -4.53. The van der Waals surface area contributed by atoms with Gasteiger partial charge in [-0.1, -0.05) is 35.3 Å². The van der Waals surface area contributed by atoms with Crippen LogP contribution in [0.25, 0.3) is 0 Å². The molecule has 2 aromatic rings. The first-order valence-corrected chi connectivity index (χ1v) is 7.90. The van der Waals surface area contributed by atoms with E-state index in [-0.39, 0.29) is 33.0 Å². The number of carbonyl (C=O) groups is 1. The van der Waals surface area contributed by atoms with Crippen molar-refractivity contribution in [2.45, 2.75) is 12.7 Å². The fraction of sp³-hybridized carbons (Fsp3) is 0.133. The molecule has 2 N–H and O–H groups in total. The van der Waals surface area contributed by atoms with Crippen LogP contribution >= 0.6 is 35.4 Å². The van der Waals surface area contributed by atoms with E-state index in [2.05, 4.69) is 15.6 Å². The molecule has 0 unspecified atom stereocenters. The summed E-state index contributed by atoms with van der Waals surface area (Å²) < 4.78 is 37.7. The zero-order valence-corrected chi connectivity index (χ0v) is 14.7. The zero-order chi connectivity index (χ0) is 18.6. The van der Waals surface area contributed by atoms with Crippen LogP contribution in [0, 0.1) is 0 Å². The Morgan fingerprint density at radius 3 is 2.48 bits per heavy atom. The molecule has 0 saturated heterocycles. The summed E-state index contributed by atoms with van der Waals surface area (Å²) in [5, 5.41) is 5.11. The molecule has 132 valence electrons. The number of thiocarbonyl (C=S) groups is 1. The van der Waals surface area contributed by atoms with Gasteiger partial charge in [0.15, 0.2) is 5.11 Å². The van der Waals surface area contributed by atoms with Crippen molar-refractivity contribution in [1.29, 1.82) is 0 Å². The minimum Gasteiger partial charge on any atom is -0.357 e. The van der Waals surface area contributed by atoms with Crippen molar-refractivity contribution < 1.29 is 18.0 Å². The van der Waals surface area contributed by atoms with Gasteiger partial charge in [0.2, 0.25) is 0 Å². The van der Waals surface area contributed by atoms with Gasteiger partial charge in [0, 0.05) is 6.20 Å². The van der Waals surface area contributed by atoms with Crippen molar-refractivity contribution in [2.75, 3.05) is 0 Å². The molecule has 25 heavy (non-hydrogen) atoms. The zero-order valence-electron chi connectivity index (χ0n) is 12.3. The largest absolute Gasteiger partial charge is 0.417 e. The van der Waals surface area contributed by atoms with Gasteiger partial charge in [-0.2, -0.15) is 13.2 Å². The average molecular weight is 408 g/mol. The van der Waals surface area contributed by atoms with Crippen LogP contribution in [0.3, 0.4) is 0 Å². The van der Waals surface area contributed by atoms with E-state index in [1.807, 2.05) is 0 Å². The number of carbonyl (C=O) groups excluding carboxylic acids is 1. The topological polar surface area (TPSA) is 54.0 Å². The molecule has 0 saturated carbocycles. The fourth-order valence-corrected chi connectivity index (χ4v) is 2.39. The molecule has 0 aliphatic carbocycles. The minimum absolute atomic E-state index is 0.0392. The molecule has 0 atom stereocenters. The summed E-state index contributed by atoms with van der Waals surface area (Å²) in [4.78, 5) is 15.7. The van der Waals surface area contributed by atoms with Crippen LogP contribution in [0.15, 0.2) is 36.5 Å². The molecule has 1 heterocycles. The van der Waals surface area contributed by atoms with Gasteiger partial charge in [0.25, 0.3) is 5.91 Å². The second-order valence-electron chi connectivity index (χ2n) is 4.77. The highest BCUT2D eigenvalue weighted by atomic mass is 35.5. The number of rotatable bonds is 3. The van der Waals surface area contributed by atoms with Gasteiger partial charge in [-0.25, -0.2) is 0 Å². The quantitative estimate of drug-likeness (QED) is 0.748. The number of nitrogens with zero attached hydrogens (tertiary/aromatic N) is 1. The third-order valence-electron chi connectivity index (χ3n) is 3.01. The highest BCUT2D eigenvalue weighted by molar-refractivity contribution is 7.80. The van der Waals surface area contributed by atoms with Crippen LogP contribution in [0.5, 0.6) is 0 Å². The van der Waals surface area contributed by atoms with Gasteiger partial charge < -0.3 is 5.32 Å². The highest BCUT2D eigenvalue weighted by Crippen LogP contribution is 2.30. The molecule has 0 fully saturated rings. The first-order valence-electron chi connectivity index (χ1n) is 6.74. The van der Waals surface area contributed by atoms with E-state index < -0.39 is 17.6 Å². The maximum Gasteiger partial charge on any atom is 0.417 e. The number of alkyl halides is 3. The van der Waals surface area contributed by atoms with Gasteiger partial charge in [-0.15, -0.1) is 0 Å². The van der Waals surface area contributed by atoms with Crippen LogP contribution in [-0.4, -0.2) is 16.0 Å². The normalized spacial score (nSPS) is 11.1. The molecular weight excluding hydrogens is 398 g/mol. The lowest BCUT2D eigenvalue weighted by Crippen LogP contribution is -2.39. The van der Waals surface area contributed by atoms with Gasteiger partial charge in [0.05, 0.1) is 33.4 Å². The predicted octanol–water partition coefficient (Wildman–Crippen LogP) is 4.21. The van der Waals surface area contributed by atoms with E-state index >= 15 is 0 Å². The van der Waals surface area contributed by atoms with Crippen LogP contribution in [0.1, 0.15) is 21.6 Å². The summed E-state index contributed by atoms with van der Waals surface area (Å²) in [5.41, 5.74) is -0.557. The molecular formula is C15H10Cl2F3N3OS. The smallest absolute Gasteiger partial charge is 0.357 e. The SMILES string of the molecule is O=C(NC(=S)NCc1ncc(C(F)(F)F)cc1Cl)c1ccccc1Cl. The van der Waals surface area contributed by atoms with Crippen molar-refractivity contribution in [3.05, 3.63) is 63.4 Å². The van der Waals surface area contributed by atoms with Crippen molar-refractivity contribution in [3.8, 4) is 0 Å². The summed E-state index contributed by atoms with van der Waals surface area (Å²) in [6, 6.07) is 7.17. The van der Waals surface area contributed by atoms with Gasteiger partial charge in [-0.05, 0) is 30.4 Å². The first kappa shape index (κ1) is 19.4. The standard InChI is InChI=1S/C15H10Cl2F3N3OS/c16-10-4-2-1-3-9(10)13(24)23-14(25)22-7-12-11(17)5-8(6-21-12)15(18,19)20/h1-6H,7H2,(H2,22,23,24,25). The average Bonchev–Trinajstić information content (AvgIpc) is 2.53. The lowest BCUT2D eigenvalue weighted by molar-refractivity contribution is -0.137. The predicted molar refractivity (Wildman–Crippen MR) is 92.6 cm³/mol. The molecule has 0 bridgehead atoms. The van der Waals surface area contributed by atoms with Crippen molar-refractivity contribution in [2.24, 2.45) is 0 Å². The van der Waals surface area contributed by atoms with Gasteiger partial charge in [-0.3, -0.25) is 15.1 Å². The molecule has 0 aliphatic heterocycles. The molecule has 1 aromatic heterocycles. The lowest BCUT2D eigenvalue weighted by atomic mass is 10.2. The number of nitrogens with one attached hydrogen (secondary N) is 2. The van der Waals surface area contributed by atoms with E-state index in [4.69, 9.17) is 35.4 Å². The Labute approximate surface area is 156 Å². The second kappa shape index (κ2) is 7.99. The van der Waals surface area contributed by atoms with E-state index in [1.165, 1.54) is 6.07 Å². The number of aromatic nitrogens is 1. The molecule has 0 aliphatic rings. The Bertz CT molecular complexity index is 815. The Hall–Kier alpha value is -1.90. The van der Waals surface area contributed by atoms with Gasteiger partial charge in [0.1, 0.15) is 0 Å². The van der Waals surface area contributed by atoms with Crippen molar-refractivity contribution in [1.82, 2.24) is 15.6 Å². The Balaban J connectivity index is 1.96. The molecule has 10 heteroatoms. The first-order chi connectivity index (χ1) is 11.7. The Morgan fingerprint density at radius 2 is 1.88 bits per heavy atom.